The summed E-state index contributed by atoms with van der Waals surface area (Å²) in [7, 11) is 0. The molecule has 0 bridgehead atoms. The van der Waals surface area contributed by atoms with E-state index in [1.165, 1.54) is 0 Å². The van der Waals surface area contributed by atoms with Crippen LogP contribution in [0.2, 0.25) is 0 Å². The Labute approximate surface area is 157 Å². The van der Waals surface area contributed by atoms with E-state index in [0.29, 0.717) is 39.6 Å². The fourth-order valence-corrected chi connectivity index (χ4v) is 2.70. The van der Waals surface area contributed by atoms with Gasteiger partial charge in [-0.1, -0.05) is 24.3 Å². The average molecular weight is 368 g/mol. The van der Waals surface area contributed by atoms with Crippen molar-refractivity contribution < 1.29 is 28.4 Å². The van der Waals surface area contributed by atoms with Gasteiger partial charge in [0.1, 0.15) is 24.4 Å². The Kier molecular flexibility index (Phi) is 12.1. The maximum absolute atomic E-state index is 6.10. The van der Waals surface area contributed by atoms with Crippen molar-refractivity contribution in [1.82, 2.24) is 0 Å². The Morgan fingerprint density at radius 1 is 0.731 bits per heavy atom. The molecule has 0 N–H and O–H groups in total. The molecule has 6 heteroatoms. The molecule has 0 amide bonds. The zero-order valence-electron chi connectivity index (χ0n) is 15.7. The third kappa shape index (κ3) is 7.15. The summed E-state index contributed by atoms with van der Waals surface area (Å²) in [6, 6.07) is 0. The monoisotopic (exact) mass is 368 g/mol. The van der Waals surface area contributed by atoms with Crippen molar-refractivity contribution in [3.8, 4) is 0 Å². The lowest BCUT2D eigenvalue weighted by Gasteiger charge is -2.45. The molecule has 0 aromatic rings. The lowest BCUT2D eigenvalue weighted by Crippen LogP contribution is -2.62. The topological polar surface area (TPSA) is 55.4 Å². The maximum Gasteiger partial charge on any atom is 0.187 e. The second-order valence-electron chi connectivity index (χ2n) is 5.58. The second kappa shape index (κ2) is 13.9. The molecule has 1 aliphatic rings. The molecule has 0 aromatic heterocycles. The van der Waals surface area contributed by atoms with Gasteiger partial charge in [-0.2, -0.15) is 0 Å². The molecule has 0 radical (unpaired) electrons. The standard InChI is InChI=1S/C20H32O6/c1-6-11-21-15-16-17(23-12-7-2)18(24-13-8-3)19(22-10-5)20(26-16)25-14-9-4/h6-9,16-20H,1-4,10-15H2,5H3/t16?,17-,18+,19?,20-/m1/s1. The molecule has 0 spiro atoms. The predicted octanol–water partition coefficient (Wildman–Crippen LogP) is 2.66. The SMILES string of the molecule is C=CCOCC1O[C@@H](OCC=C)C(OCC)[C@@H](OCC=C)[C@@H]1OCC=C. The van der Waals surface area contributed by atoms with Gasteiger partial charge in [-0.15, -0.1) is 26.3 Å². The molecule has 1 fully saturated rings. The highest BCUT2D eigenvalue weighted by atomic mass is 16.7. The highest BCUT2D eigenvalue weighted by Crippen LogP contribution is 2.29. The van der Waals surface area contributed by atoms with Crippen molar-refractivity contribution in [3.05, 3.63) is 50.6 Å². The van der Waals surface area contributed by atoms with Crippen LogP contribution in [-0.4, -0.2) is 70.3 Å². The van der Waals surface area contributed by atoms with Crippen LogP contribution < -0.4 is 0 Å². The molecule has 6 nitrogen and oxygen atoms in total. The van der Waals surface area contributed by atoms with Crippen LogP contribution in [0, 0.1) is 0 Å². The minimum atomic E-state index is -0.622. The number of hydrogen-bond acceptors (Lipinski definition) is 6. The summed E-state index contributed by atoms with van der Waals surface area (Å²) in [5.74, 6) is 0. The maximum atomic E-state index is 6.10. The van der Waals surface area contributed by atoms with Crippen molar-refractivity contribution in [2.45, 2.75) is 37.6 Å². The van der Waals surface area contributed by atoms with Crippen LogP contribution in [0.1, 0.15) is 6.92 Å². The van der Waals surface area contributed by atoms with E-state index in [9.17, 15) is 0 Å². The lowest BCUT2D eigenvalue weighted by molar-refractivity contribution is -0.318. The molecule has 5 atom stereocenters. The van der Waals surface area contributed by atoms with E-state index in [-0.39, 0.29) is 0 Å². The van der Waals surface area contributed by atoms with Gasteiger partial charge in [0.05, 0.1) is 33.0 Å². The third-order valence-electron chi connectivity index (χ3n) is 3.66. The highest BCUT2D eigenvalue weighted by molar-refractivity contribution is 4.94. The summed E-state index contributed by atoms with van der Waals surface area (Å²) in [5, 5.41) is 0. The second-order valence-corrected chi connectivity index (χ2v) is 5.58. The molecule has 148 valence electrons. The Morgan fingerprint density at radius 2 is 1.31 bits per heavy atom. The molecule has 1 rings (SSSR count). The summed E-state index contributed by atoms with van der Waals surface area (Å²) in [5.41, 5.74) is 0. The van der Waals surface area contributed by atoms with Crippen LogP contribution in [-0.2, 0) is 28.4 Å². The van der Waals surface area contributed by atoms with Gasteiger partial charge < -0.3 is 28.4 Å². The van der Waals surface area contributed by atoms with Gasteiger partial charge in [0.25, 0.3) is 0 Å². The van der Waals surface area contributed by atoms with E-state index in [2.05, 4.69) is 26.3 Å². The van der Waals surface area contributed by atoms with E-state index in [0.717, 1.165) is 0 Å². The Bertz CT molecular complexity index is 425. The van der Waals surface area contributed by atoms with Crippen molar-refractivity contribution in [2.24, 2.45) is 0 Å². The van der Waals surface area contributed by atoms with Crippen LogP contribution >= 0.6 is 0 Å². The van der Waals surface area contributed by atoms with Crippen LogP contribution in [0.15, 0.2) is 50.6 Å². The number of hydrogen-bond donors (Lipinski definition) is 0. The first-order valence-electron chi connectivity index (χ1n) is 8.86. The summed E-state index contributed by atoms with van der Waals surface area (Å²) >= 11 is 0. The molecular weight excluding hydrogens is 336 g/mol. The molecule has 2 unspecified atom stereocenters. The lowest BCUT2D eigenvalue weighted by atomic mass is 9.98. The minimum Gasteiger partial charge on any atom is -0.375 e. The zero-order valence-corrected chi connectivity index (χ0v) is 15.7. The quantitative estimate of drug-likeness (QED) is 0.327. The summed E-state index contributed by atoms with van der Waals surface area (Å²) in [6.07, 6.45) is 4.43. The first-order chi connectivity index (χ1) is 12.7. The summed E-state index contributed by atoms with van der Waals surface area (Å²) < 4.78 is 35.3. The molecule has 0 aliphatic carbocycles. The van der Waals surface area contributed by atoms with Crippen LogP contribution in [0.3, 0.4) is 0 Å². The fraction of sp³-hybridized carbons (Fsp3) is 0.600. The Balaban J connectivity index is 3.04. The Hall–Kier alpha value is -1.28. The molecule has 1 heterocycles. The number of ether oxygens (including phenoxy) is 6. The van der Waals surface area contributed by atoms with Crippen molar-refractivity contribution in [3.63, 3.8) is 0 Å². The molecular formula is C20H32O6. The van der Waals surface area contributed by atoms with Gasteiger partial charge in [0.2, 0.25) is 0 Å². The van der Waals surface area contributed by atoms with Gasteiger partial charge in [0, 0.05) is 6.61 Å². The first-order valence-corrected chi connectivity index (χ1v) is 8.86. The van der Waals surface area contributed by atoms with Crippen LogP contribution in [0.25, 0.3) is 0 Å². The normalized spacial score (nSPS) is 28.4. The van der Waals surface area contributed by atoms with E-state index in [1.54, 1.807) is 24.3 Å². The third-order valence-corrected chi connectivity index (χ3v) is 3.66. The van der Waals surface area contributed by atoms with E-state index in [4.69, 9.17) is 28.4 Å². The minimum absolute atomic E-state index is 0.314. The number of rotatable bonds is 15. The Morgan fingerprint density at radius 3 is 1.88 bits per heavy atom. The van der Waals surface area contributed by atoms with Gasteiger partial charge in [-0.05, 0) is 6.92 Å². The van der Waals surface area contributed by atoms with Crippen LogP contribution in [0.4, 0.5) is 0 Å². The van der Waals surface area contributed by atoms with Gasteiger partial charge in [-0.3, -0.25) is 0 Å². The summed E-state index contributed by atoms with van der Waals surface area (Å²) in [6.45, 7) is 18.9. The first kappa shape index (κ1) is 22.8. The molecule has 0 saturated carbocycles. The van der Waals surface area contributed by atoms with Crippen molar-refractivity contribution in [2.75, 3.05) is 39.6 Å². The van der Waals surface area contributed by atoms with Crippen molar-refractivity contribution in [1.29, 1.82) is 0 Å². The van der Waals surface area contributed by atoms with E-state index in [1.807, 2.05) is 6.92 Å². The molecule has 0 aromatic carbocycles. The van der Waals surface area contributed by atoms with Gasteiger partial charge >= 0.3 is 0 Å². The molecule has 26 heavy (non-hydrogen) atoms. The molecule has 1 aliphatic heterocycles. The average Bonchev–Trinajstić information content (AvgIpc) is 2.65. The fourth-order valence-electron chi connectivity index (χ4n) is 2.70. The predicted molar refractivity (Wildman–Crippen MR) is 101 cm³/mol. The summed E-state index contributed by atoms with van der Waals surface area (Å²) in [4.78, 5) is 0. The van der Waals surface area contributed by atoms with Crippen LogP contribution in [0.5, 0.6) is 0 Å². The highest BCUT2D eigenvalue weighted by Gasteiger charge is 2.48. The van der Waals surface area contributed by atoms with Crippen molar-refractivity contribution >= 4 is 0 Å². The van der Waals surface area contributed by atoms with E-state index >= 15 is 0 Å². The van der Waals surface area contributed by atoms with Gasteiger partial charge in [-0.25, -0.2) is 0 Å². The van der Waals surface area contributed by atoms with Gasteiger partial charge in [0.15, 0.2) is 6.29 Å². The van der Waals surface area contributed by atoms with E-state index < -0.39 is 30.7 Å². The largest absolute Gasteiger partial charge is 0.375 e. The zero-order chi connectivity index (χ0) is 19.2. The smallest absolute Gasteiger partial charge is 0.187 e. The molecule has 1 saturated heterocycles.